The van der Waals surface area contributed by atoms with Gasteiger partial charge in [-0.1, -0.05) is 25.1 Å². The van der Waals surface area contributed by atoms with Crippen molar-refractivity contribution in [3.63, 3.8) is 0 Å². The van der Waals surface area contributed by atoms with Gasteiger partial charge in [-0.25, -0.2) is 0 Å². The summed E-state index contributed by atoms with van der Waals surface area (Å²) >= 11 is 1.52. The van der Waals surface area contributed by atoms with Crippen LogP contribution in [-0.4, -0.2) is 44.9 Å². The molecule has 112 valence electrons. The summed E-state index contributed by atoms with van der Waals surface area (Å²) in [6, 6.07) is -0.447. The van der Waals surface area contributed by atoms with Crippen molar-refractivity contribution in [2.24, 2.45) is 7.05 Å². The molecule has 0 aliphatic heterocycles. The molecule has 1 aromatic heterocycles. The summed E-state index contributed by atoms with van der Waals surface area (Å²) in [6.45, 7) is 3.92. The third kappa shape index (κ3) is 5.60. The molecule has 1 atom stereocenters. The van der Waals surface area contributed by atoms with Crippen LogP contribution in [0.25, 0.3) is 0 Å². The van der Waals surface area contributed by atoms with Crippen molar-refractivity contribution in [1.82, 2.24) is 25.4 Å². The predicted molar refractivity (Wildman–Crippen MR) is 77.2 cm³/mol. The minimum Gasteiger partial charge on any atom is -0.353 e. The van der Waals surface area contributed by atoms with Crippen molar-refractivity contribution in [3.05, 3.63) is 6.33 Å². The maximum absolute atomic E-state index is 11.9. The molecule has 2 N–H and O–H groups in total. The first kappa shape index (κ1) is 16.5. The number of hydrogen-bond acceptors (Lipinski definition) is 5. The molecule has 20 heavy (non-hydrogen) atoms. The number of carbonyl (C=O) groups excluding carboxylic acids is 2. The minimum absolute atomic E-state index is 0.138. The topological polar surface area (TPSA) is 88.9 Å². The van der Waals surface area contributed by atoms with Crippen LogP contribution in [0, 0.1) is 0 Å². The standard InChI is InChI=1S/C12H21N5O2S/c1-4-5-10(15-9(2)18)11(19)13-6-7-20-12-16-14-8-17(12)3/h8,10H,4-7H2,1-3H3,(H,13,19)(H,15,18). The summed E-state index contributed by atoms with van der Waals surface area (Å²) in [6.07, 6.45) is 3.11. The van der Waals surface area contributed by atoms with Crippen LogP contribution in [0.2, 0.25) is 0 Å². The van der Waals surface area contributed by atoms with Gasteiger partial charge in [-0.15, -0.1) is 10.2 Å². The highest BCUT2D eigenvalue weighted by atomic mass is 32.2. The molecule has 0 fully saturated rings. The molecule has 7 nitrogen and oxygen atoms in total. The Labute approximate surface area is 122 Å². The van der Waals surface area contributed by atoms with E-state index in [1.165, 1.54) is 18.7 Å². The Balaban J connectivity index is 2.30. The fourth-order valence-corrected chi connectivity index (χ4v) is 2.39. The molecule has 2 amide bonds. The monoisotopic (exact) mass is 299 g/mol. The number of rotatable bonds is 8. The van der Waals surface area contributed by atoms with Crippen molar-refractivity contribution >= 4 is 23.6 Å². The highest BCUT2D eigenvalue weighted by molar-refractivity contribution is 7.99. The van der Waals surface area contributed by atoms with E-state index in [2.05, 4.69) is 20.8 Å². The van der Waals surface area contributed by atoms with Crippen LogP contribution in [0.4, 0.5) is 0 Å². The first-order valence-electron chi connectivity index (χ1n) is 6.56. The third-order valence-electron chi connectivity index (χ3n) is 2.57. The number of nitrogens with zero attached hydrogens (tertiary/aromatic N) is 3. The Kier molecular flexibility index (Phi) is 7.06. The molecule has 0 bridgehead atoms. The second-order valence-corrected chi connectivity index (χ2v) is 5.47. The van der Waals surface area contributed by atoms with E-state index in [1.54, 1.807) is 6.33 Å². The molecule has 8 heteroatoms. The summed E-state index contributed by atoms with van der Waals surface area (Å²) in [4.78, 5) is 23.0. The lowest BCUT2D eigenvalue weighted by molar-refractivity contribution is -0.128. The quantitative estimate of drug-likeness (QED) is 0.533. The van der Waals surface area contributed by atoms with Crippen LogP contribution >= 0.6 is 11.8 Å². The van der Waals surface area contributed by atoms with Crippen LogP contribution in [0.1, 0.15) is 26.7 Å². The maximum atomic E-state index is 11.9. The molecule has 0 aliphatic rings. The van der Waals surface area contributed by atoms with E-state index < -0.39 is 6.04 Å². The van der Waals surface area contributed by atoms with Crippen LogP contribution in [0.3, 0.4) is 0 Å². The predicted octanol–water partition coefficient (Wildman–Crippen LogP) is 0.328. The Bertz CT molecular complexity index is 449. The summed E-state index contributed by atoms with van der Waals surface area (Å²) in [5.41, 5.74) is 0. The molecule has 1 unspecified atom stereocenters. The SMILES string of the molecule is CCCC(NC(C)=O)C(=O)NCCSc1nncn1C. The van der Waals surface area contributed by atoms with Gasteiger partial charge in [0.1, 0.15) is 12.4 Å². The highest BCUT2D eigenvalue weighted by Gasteiger charge is 2.17. The Hall–Kier alpha value is -1.57. The fraction of sp³-hybridized carbons (Fsp3) is 0.667. The molecule has 0 radical (unpaired) electrons. The molecule has 0 aliphatic carbocycles. The average molecular weight is 299 g/mol. The van der Waals surface area contributed by atoms with Gasteiger partial charge in [0.2, 0.25) is 11.8 Å². The smallest absolute Gasteiger partial charge is 0.242 e. The van der Waals surface area contributed by atoms with E-state index in [9.17, 15) is 9.59 Å². The fourth-order valence-electron chi connectivity index (χ4n) is 1.65. The molecule has 1 heterocycles. The number of hydrogen-bond donors (Lipinski definition) is 2. The number of aryl methyl sites for hydroxylation is 1. The summed E-state index contributed by atoms with van der Waals surface area (Å²) < 4.78 is 1.82. The van der Waals surface area contributed by atoms with E-state index in [0.29, 0.717) is 18.7 Å². The molecule has 0 saturated heterocycles. The normalized spacial score (nSPS) is 11.9. The molecule has 1 aromatic rings. The molecular formula is C12H21N5O2S. The van der Waals surface area contributed by atoms with Gasteiger partial charge in [0.05, 0.1) is 0 Å². The van der Waals surface area contributed by atoms with Crippen molar-refractivity contribution in [2.75, 3.05) is 12.3 Å². The molecule has 1 rings (SSSR count). The number of nitrogens with one attached hydrogen (secondary N) is 2. The first-order valence-corrected chi connectivity index (χ1v) is 7.54. The Morgan fingerprint density at radius 3 is 2.80 bits per heavy atom. The second-order valence-electron chi connectivity index (χ2n) is 4.41. The van der Waals surface area contributed by atoms with Gasteiger partial charge in [0.25, 0.3) is 0 Å². The van der Waals surface area contributed by atoms with Crippen molar-refractivity contribution in [2.45, 2.75) is 37.9 Å². The zero-order chi connectivity index (χ0) is 15.0. The lowest BCUT2D eigenvalue weighted by Gasteiger charge is -2.16. The van der Waals surface area contributed by atoms with Crippen LogP contribution < -0.4 is 10.6 Å². The van der Waals surface area contributed by atoms with Crippen molar-refractivity contribution in [3.8, 4) is 0 Å². The number of carbonyl (C=O) groups is 2. The lowest BCUT2D eigenvalue weighted by atomic mass is 10.1. The van der Waals surface area contributed by atoms with Crippen LogP contribution in [0.15, 0.2) is 11.5 Å². The van der Waals surface area contributed by atoms with Gasteiger partial charge in [-0.3, -0.25) is 9.59 Å². The van der Waals surface area contributed by atoms with Gasteiger partial charge in [-0.2, -0.15) is 0 Å². The zero-order valence-electron chi connectivity index (χ0n) is 12.0. The van der Waals surface area contributed by atoms with Gasteiger partial charge < -0.3 is 15.2 Å². The minimum atomic E-state index is -0.447. The zero-order valence-corrected chi connectivity index (χ0v) is 12.9. The van der Waals surface area contributed by atoms with Crippen molar-refractivity contribution in [1.29, 1.82) is 0 Å². The molecule has 0 spiro atoms. The average Bonchev–Trinajstić information content (AvgIpc) is 2.79. The van der Waals surface area contributed by atoms with E-state index in [0.717, 1.165) is 11.6 Å². The van der Waals surface area contributed by atoms with Gasteiger partial charge in [0.15, 0.2) is 5.16 Å². The third-order valence-corrected chi connectivity index (χ3v) is 3.61. The van der Waals surface area contributed by atoms with E-state index >= 15 is 0 Å². The number of aromatic nitrogens is 3. The molecular weight excluding hydrogens is 278 g/mol. The van der Waals surface area contributed by atoms with Crippen LogP contribution in [0.5, 0.6) is 0 Å². The summed E-state index contributed by atoms with van der Waals surface area (Å²) in [5.74, 6) is 0.379. The number of amides is 2. The Morgan fingerprint density at radius 2 is 2.25 bits per heavy atom. The first-order chi connectivity index (χ1) is 9.54. The largest absolute Gasteiger partial charge is 0.353 e. The van der Waals surface area contributed by atoms with E-state index in [1.807, 2.05) is 18.5 Å². The van der Waals surface area contributed by atoms with Crippen molar-refractivity contribution < 1.29 is 9.59 Å². The lowest BCUT2D eigenvalue weighted by Crippen LogP contribution is -2.46. The van der Waals surface area contributed by atoms with E-state index in [-0.39, 0.29) is 11.8 Å². The Morgan fingerprint density at radius 1 is 1.50 bits per heavy atom. The highest BCUT2D eigenvalue weighted by Crippen LogP contribution is 2.11. The maximum Gasteiger partial charge on any atom is 0.242 e. The van der Waals surface area contributed by atoms with Crippen LogP contribution in [-0.2, 0) is 16.6 Å². The second kappa shape index (κ2) is 8.57. The van der Waals surface area contributed by atoms with E-state index in [4.69, 9.17) is 0 Å². The van der Waals surface area contributed by atoms with Gasteiger partial charge in [-0.05, 0) is 6.42 Å². The number of thioether (sulfide) groups is 1. The molecule has 0 aromatic carbocycles. The summed E-state index contributed by atoms with van der Waals surface area (Å²) in [7, 11) is 1.87. The summed E-state index contributed by atoms with van der Waals surface area (Å²) in [5, 5.41) is 14.0. The van der Waals surface area contributed by atoms with Gasteiger partial charge in [0, 0.05) is 26.3 Å². The van der Waals surface area contributed by atoms with Gasteiger partial charge >= 0.3 is 0 Å². The molecule has 0 saturated carbocycles.